The first kappa shape index (κ1) is 11.0. The second kappa shape index (κ2) is 7.37. The fourth-order valence-corrected chi connectivity index (χ4v) is 2.09. The summed E-state index contributed by atoms with van der Waals surface area (Å²) in [6.45, 7) is 3.56. The van der Waals surface area contributed by atoms with Gasteiger partial charge in [0.05, 0.1) is 0 Å². The summed E-state index contributed by atoms with van der Waals surface area (Å²) in [4.78, 5) is 0. The SMILES string of the molecule is CC1CCCCCCCCCCN1. The highest BCUT2D eigenvalue weighted by atomic mass is 14.9. The van der Waals surface area contributed by atoms with Gasteiger partial charge in [-0.3, -0.25) is 0 Å². The maximum absolute atomic E-state index is 3.60. The maximum Gasteiger partial charge on any atom is 0.00387 e. The van der Waals surface area contributed by atoms with Crippen molar-refractivity contribution in [3.05, 3.63) is 0 Å². The Morgan fingerprint density at radius 3 is 2.00 bits per heavy atom. The zero-order valence-electron chi connectivity index (χ0n) is 9.15. The summed E-state index contributed by atoms with van der Waals surface area (Å²) in [5.74, 6) is 0. The first-order valence-corrected chi connectivity index (χ1v) is 6.13. The molecule has 1 aliphatic rings. The van der Waals surface area contributed by atoms with Crippen LogP contribution in [-0.4, -0.2) is 12.6 Å². The van der Waals surface area contributed by atoms with Crippen molar-refractivity contribution >= 4 is 0 Å². The third-order valence-corrected chi connectivity index (χ3v) is 3.06. The van der Waals surface area contributed by atoms with E-state index in [9.17, 15) is 0 Å². The molecule has 0 aromatic rings. The van der Waals surface area contributed by atoms with Gasteiger partial charge in [-0.15, -0.1) is 0 Å². The lowest BCUT2D eigenvalue weighted by Gasteiger charge is -2.14. The van der Waals surface area contributed by atoms with Crippen molar-refractivity contribution in [2.75, 3.05) is 6.54 Å². The number of rotatable bonds is 0. The Bertz CT molecular complexity index is 99.7. The van der Waals surface area contributed by atoms with Gasteiger partial charge in [-0.05, 0) is 26.3 Å². The summed E-state index contributed by atoms with van der Waals surface area (Å²) in [6, 6.07) is 0.749. The standard InChI is InChI=1S/C12H25N/c1-12-10-8-6-4-2-3-5-7-9-11-13-12/h12-13H,2-11H2,1H3. The lowest BCUT2D eigenvalue weighted by atomic mass is 10.0. The molecule has 78 valence electrons. The zero-order chi connectivity index (χ0) is 9.36. The Balaban J connectivity index is 2.11. The van der Waals surface area contributed by atoms with Gasteiger partial charge in [0.2, 0.25) is 0 Å². The van der Waals surface area contributed by atoms with Crippen LogP contribution in [0.5, 0.6) is 0 Å². The second-order valence-corrected chi connectivity index (χ2v) is 4.47. The molecule has 0 aromatic carbocycles. The molecule has 1 fully saturated rings. The number of hydrogen-bond donors (Lipinski definition) is 1. The van der Waals surface area contributed by atoms with Gasteiger partial charge in [0.15, 0.2) is 0 Å². The van der Waals surface area contributed by atoms with Crippen molar-refractivity contribution in [1.82, 2.24) is 5.32 Å². The van der Waals surface area contributed by atoms with E-state index >= 15 is 0 Å². The molecule has 1 heterocycles. The number of hydrogen-bond acceptors (Lipinski definition) is 1. The van der Waals surface area contributed by atoms with E-state index in [2.05, 4.69) is 12.2 Å². The minimum absolute atomic E-state index is 0.749. The van der Waals surface area contributed by atoms with Crippen LogP contribution in [0.25, 0.3) is 0 Å². The smallest absolute Gasteiger partial charge is 0.00387 e. The fourth-order valence-electron chi connectivity index (χ4n) is 2.09. The molecule has 0 amide bonds. The summed E-state index contributed by atoms with van der Waals surface area (Å²) in [5.41, 5.74) is 0. The molecule has 0 radical (unpaired) electrons. The van der Waals surface area contributed by atoms with E-state index in [4.69, 9.17) is 0 Å². The molecular weight excluding hydrogens is 158 g/mol. The van der Waals surface area contributed by atoms with Crippen LogP contribution in [0.1, 0.15) is 64.7 Å². The van der Waals surface area contributed by atoms with Crippen molar-refractivity contribution in [2.24, 2.45) is 0 Å². The van der Waals surface area contributed by atoms with Crippen molar-refractivity contribution in [3.8, 4) is 0 Å². The average molecular weight is 183 g/mol. The third kappa shape index (κ3) is 6.09. The molecule has 0 aliphatic carbocycles. The summed E-state index contributed by atoms with van der Waals surface area (Å²) in [7, 11) is 0. The van der Waals surface area contributed by atoms with Crippen LogP contribution in [0, 0.1) is 0 Å². The van der Waals surface area contributed by atoms with Gasteiger partial charge in [0.1, 0.15) is 0 Å². The first-order chi connectivity index (χ1) is 6.39. The van der Waals surface area contributed by atoms with Crippen molar-refractivity contribution in [3.63, 3.8) is 0 Å². The van der Waals surface area contributed by atoms with Crippen LogP contribution in [0.2, 0.25) is 0 Å². The molecule has 1 saturated heterocycles. The quantitative estimate of drug-likeness (QED) is 0.606. The Kier molecular flexibility index (Phi) is 6.26. The predicted octanol–water partition coefficient (Wildman–Crippen LogP) is 3.49. The molecule has 0 aromatic heterocycles. The van der Waals surface area contributed by atoms with Crippen LogP contribution < -0.4 is 5.32 Å². The van der Waals surface area contributed by atoms with Crippen LogP contribution in [-0.2, 0) is 0 Å². The largest absolute Gasteiger partial charge is 0.314 e. The highest BCUT2D eigenvalue weighted by molar-refractivity contribution is 4.62. The van der Waals surface area contributed by atoms with Gasteiger partial charge in [0.25, 0.3) is 0 Å². The Labute approximate surface area is 83.3 Å². The van der Waals surface area contributed by atoms with E-state index in [1.54, 1.807) is 0 Å². The van der Waals surface area contributed by atoms with E-state index in [0.717, 1.165) is 6.04 Å². The Morgan fingerprint density at radius 1 is 0.769 bits per heavy atom. The van der Waals surface area contributed by atoms with E-state index in [-0.39, 0.29) is 0 Å². The molecule has 1 N–H and O–H groups in total. The van der Waals surface area contributed by atoms with Crippen LogP contribution >= 0.6 is 0 Å². The molecule has 0 spiro atoms. The van der Waals surface area contributed by atoms with Gasteiger partial charge in [-0.1, -0.05) is 44.9 Å². The fraction of sp³-hybridized carbons (Fsp3) is 1.00. The lowest BCUT2D eigenvalue weighted by molar-refractivity contribution is 0.451. The summed E-state index contributed by atoms with van der Waals surface area (Å²) in [6.07, 6.45) is 12.9. The third-order valence-electron chi connectivity index (χ3n) is 3.06. The monoisotopic (exact) mass is 183 g/mol. The highest BCUT2D eigenvalue weighted by Crippen LogP contribution is 2.11. The van der Waals surface area contributed by atoms with Gasteiger partial charge < -0.3 is 5.32 Å². The summed E-state index contributed by atoms with van der Waals surface area (Å²) < 4.78 is 0. The molecule has 1 unspecified atom stereocenters. The molecule has 1 aliphatic heterocycles. The normalized spacial score (nSPS) is 28.8. The molecular formula is C12H25N. The van der Waals surface area contributed by atoms with Crippen LogP contribution in [0.15, 0.2) is 0 Å². The molecule has 1 heteroatoms. The number of nitrogens with one attached hydrogen (secondary N) is 1. The van der Waals surface area contributed by atoms with Crippen LogP contribution in [0.4, 0.5) is 0 Å². The summed E-state index contributed by atoms with van der Waals surface area (Å²) in [5, 5.41) is 3.60. The van der Waals surface area contributed by atoms with Gasteiger partial charge in [0, 0.05) is 6.04 Å². The first-order valence-electron chi connectivity index (χ1n) is 6.13. The van der Waals surface area contributed by atoms with Gasteiger partial charge in [-0.25, -0.2) is 0 Å². The predicted molar refractivity (Wildman–Crippen MR) is 59.0 cm³/mol. The summed E-state index contributed by atoms with van der Waals surface area (Å²) >= 11 is 0. The molecule has 1 nitrogen and oxygen atoms in total. The van der Waals surface area contributed by atoms with E-state index in [1.165, 1.54) is 64.3 Å². The van der Waals surface area contributed by atoms with Crippen molar-refractivity contribution in [1.29, 1.82) is 0 Å². The van der Waals surface area contributed by atoms with Crippen LogP contribution in [0.3, 0.4) is 0 Å². The van der Waals surface area contributed by atoms with Gasteiger partial charge >= 0.3 is 0 Å². The topological polar surface area (TPSA) is 12.0 Å². The highest BCUT2D eigenvalue weighted by Gasteiger charge is 2.01. The molecule has 1 rings (SSSR count). The lowest BCUT2D eigenvalue weighted by Crippen LogP contribution is -2.26. The minimum atomic E-state index is 0.749. The van der Waals surface area contributed by atoms with E-state index in [0.29, 0.717) is 0 Å². The molecule has 13 heavy (non-hydrogen) atoms. The second-order valence-electron chi connectivity index (χ2n) is 4.47. The Morgan fingerprint density at radius 2 is 1.31 bits per heavy atom. The van der Waals surface area contributed by atoms with E-state index in [1.807, 2.05) is 0 Å². The zero-order valence-corrected chi connectivity index (χ0v) is 9.15. The van der Waals surface area contributed by atoms with Crippen molar-refractivity contribution < 1.29 is 0 Å². The van der Waals surface area contributed by atoms with E-state index < -0.39 is 0 Å². The minimum Gasteiger partial charge on any atom is -0.314 e. The molecule has 1 atom stereocenters. The average Bonchev–Trinajstić information content (AvgIpc) is 2.11. The Hall–Kier alpha value is -0.0400. The molecule has 0 bridgehead atoms. The van der Waals surface area contributed by atoms with Gasteiger partial charge in [-0.2, -0.15) is 0 Å². The maximum atomic E-state index is 3.60. The molecule has 0 saturated carbocycles. The van der Waals surface area contributed by atoms with Crippen molar-refractivity contribution in [2.45, 2.75) is 70.8 Å².